The summed E-state index contributed by atoms with van der Waals surface area (Å²) in [5, 5.41) is 2.24. The monoisotopic (exact) mass is 296 g/mol. The van der Waals surface area contributed by atoms with Crippen LogP contribution in [-0.4, -0.2) is 11.1 Å². The molecule has 0 saturated carbocycles. The largest absolute Gasteiger partial charge is 0.418 e. The van der Waals surface area contributed by atoms with Gasteiger partial charge >= 0.3 is 12.3 Å². The van der Waals surface area contributed by atoms with Crippen molar-refractivity contribution in [2.45, 2.75) is 13.1 Å². The van der Waals surface area contributed by atoms with Gasteiger partial charge in [0, 0.05) is 6.20 Å². The molecule has 0 unspecified atom stereocenters. The summed E-state index contributed by atoms with van der Waals surface area (Å²) in [7, 11) is 0. The summed E-state index contributed by atoms with van der Waals surface area (Å²) < 4.78 is 42.0. The molecule has 0 atom stereocenters. The molecule has 7 heteroatoms. The van der Waals surface area contributed by atoms with Gasteiger partial charge in [-0.2, -0.15) is 13.2 Å². The lowest BCUT2D eigenvalue weighted by Gasteiger charge is -2.08. The van der Waals surface area contributed by atoms with Gasteiger partial charge in [-0.1, -0.05) is 17.7 Å². The van der Waals surface area contributed by atoms with Crippen molar-refractivity contribution in [3.8, 4) is 5.75 Å². The Kier molecular flexibility index (Phi) is 4.11. The molecule has 0 bridgehead atoms. The first-order valence-corrected chi connectivity index (χ1v) is 5.93. The van der Waals surface area contributed by atoms with Crippen molar-refractivity contribution < 1.29 is 22.7 Å². The molecule has 0 radical (unpaired) electrons. The highest BCUT2D eigenvalue weighted by Gasteiger charge is 2.30. The van der Waals surface area contributed by atoms with Gasteiger partial charge in [0.2, 0.25) is 0 Å². The standard InChI is InChI=1S/C14H11F3N2O2/c1-9-2-5-11(6-3-9)21-13(20)19-12-7-4-10(8-18-12)14(15,16)17/h2-8H,1H3,(H,18,19,20). The number of alkyl halides is 3. The van der Waals surface area contributed by atoms with E-state index in [1.807, 2.05) is 6.92 Å². The van der Waals surface area contributed by atoms with Crippen LogP contribution in [0, 0.1) is 6.92 Å². The number of anilines is 1. The fraction of sp³-hybridized carbons (Fsp3) is 0.143. The Morgan fingerprint density at radius 2 is 1.81 bits per heavy atom. The second-order valence-corrected chi connectivity index (χ2v) is 4.26. The van der Waals surface area contributed by atoms with E-state index in [0.29, 0.717) is 11.9 Å². The second kappa shape index (κ2) is 5.82. The number of rotatable bonds is 2. The third kappa shape index (κ3) is 4.20. The topological polar surface area (TPSA) is 51.2 Å². The van der Waals surface area contributed by atoms with Gasteiger partial charge in [0.25, 0.3) is 0 Å². The first kappa shape index (κ1) is 14.8. The molecule has 0 saturated heterocycles. The van der Waals surface area contributed by atoms with Gasteiger partial charge in [0.15, 0.2) is 0 Å². The number of ether oxygens (including phenoxy) is 1. The zero-order chi connectivity index (χ0) is 15.5. The van der Waals surface area contributed by atoms with Crippen LogP contribution in [-0.2, 0) is 6.18 Å². The zero-order valence-electron chi connectivity index (χ0n) is 10.9. The summed E-state index contributed by atoms with van der Waals surface area (Å²) in [6, 6.07) is 8.62. The van der Waals surface area contributed by atoms with Gasteiger partial charge < -0.3 is 4.74 Å². The Hall–Kier alpha value is -2.57. The number of nitrogens with one attached hydrogen (secondary N) is 1. The molecule has 1 aromatic heterocycles. The Morgan fingerprint density at radius 1 is 1.14 bits per heavy atom. The SMILES string of the molecule is Cc1ccc(OC(=O)Nc2ccc(C(F)(F)F)cn2)cc1. The molecule has 0 spiro atoms. The van der Waals surface area contributed by atoms with Crippen LogP contribution in [0.25, 0.3) is 0 Å². The molecule has 1 heterocycles. The van der Waals surface area contributed by atoms with Gasteiger partial charge in [-0.25, -0.2) is 9.78 Å². The summed E-state index contributed by atoms with van der Waals surface area (Å²) in [6.07, 6.45) is -4.65. The van der Waals surface area contributed by atoms with Gasteiger partial charge in [-0.15, -0.1) is 0 Å². The van der Waals surface area contributed by atoms with Crippen molar-refractivity contribution >= 4 is 11.9 Å². The van der Waals surface area contributed by atoms with Crippen LogP contribution in [0.1, 0.15) is 11.1 Å². The molecule has 1 aromatic carbocycles. The molecule has 1 N–H and O–H groups in total. The van der Waals surface area contributed by atoms with Crippen molar-refractivity contribution in [3.63, 3.8) is 0 Å². The van der Waals surface area contributed by atoms with Crippen LogP contribution in [0.5, 0.6) is 5.75 Å². The molecule has 2 rings (SSSR count). The average molecular weight is 296 g/mol. The van der Waals surface area contributed by atoms with E-state index in [4.69, 9.17) is 4.74 Å². The number of halogens is 3. The number of aromatic nitrogens is 1. The predicted molar refractivity (Wildman–Crippen MR) is 70.1 cm³/mol. The first-order chi connectivity index (χ1) is 9.84. The third-order valence-electron chi connectivity index (χ3n) is 2.55. The summed E-state index contributed by atoms with van der Waals surface area (Å²) in [4.78, 5) is 15.1. The molecule has 0 aliphatic rings. The van der Waals surface area contributed by atoms with Crippen molar-refractivity contribution in [2.75, 3.05) is 5.32 Å². The third-order valence-corrected chi connectivity index (χ3v) is 2.55. The van der Waals surface area contributed by atoms with Crippen molar-refractivity contribution in [1.29, 1.82) is 0 Å². The number of carbonyl (C=O) groups excluding carboxylic acids is 1. The summed E-state index contributed by atoms with van der Waals surface area (Å²) >= 11 is 0. The molecule has 1 amide bonds. The Balaban J connectivity index is 1.98. The summed E-state index contributed by atoms with van der Waals surface area (Å²) in [5.74, 6) is 0.296. The quantitative estimate of drug-likeness (QED) is 0.910. The fourth-order valence-corrected chi connectivity index (χ4v) is 1.48. The van der Waals surface area contributed by atoms with E-state index < -0.39 is 17.8 Å². The maximum atomic E-state index is 12.4. The molecule has 2 aromatic rings. The Morgan fingerprint density at radius 3 is 2.33 bits per heavy atom. The van der Waals surface area contributed by atoms with E-state index in [2.05, 4.69) is 10.3 Å². The van der Waals surface area contributed by atoms with Crippen LogP contribution in [0.4, 0.5) is 23.8 Å². The average Bonchev–Trinajstić information content (AvgIpc) is 2.41. The fourth-order valence-electron chi connectivity index (χ4n) is 1.48. The second-order valence-electron chi connectivity index (χ2n) is 4.26. The Labute approximate surface area is 118 Å². The van der Waals surface area contributed by atoms with Gasteiger partial charge in [-0.3, -0.25) is 5.32 Å². The number of carbonyl (C=O) groups is 1. The van der Waals surface area contributed by atoms with E-state index >= 15 is 0 Å². The van der Waals surface area contributed by atoms with Crippen molar-refractivity contribution in [1.82, 2.24) is 4.98 Å². The van der Waals surface area contributed by atoms with E-state index in [-0.39, 0.29) is 5.82 Å². The number of hydrogen-bond acceptors (Lipinski definition) is 3. The Bertz CT molecular complexity index is 622. The molecule has 0 aliphatic carbocycles. The summed E-state index contributed by atoms with van der Waals surface area (Å²) in [5.41, 5.74) is 0.118. The normalized spacial score (nSPS) is 11.0. The number of amides is 1. The minimum atomic E-state index is -4.46. The molecule has 4 nitrogen and oxygen atoms in total. The van der Waals surface area contributed by atoms with Crippen molar-refractivity contribution in [3.05, 3.63) is 53.7 Å². The number of benzene rings is 1. The molecular weight excluding hydrogens is 285 g/mol. The first-order valence-electron chi connectivity index (χ1n) is 5.93. The maximum Gasteiger partial charge on any atom is 0.418 e. The molecule has 0 aliphatic heterocycles. The summed E-state index contributed by atoms with van der Waals surface area (Å²) in [6.45, 7) is 1.88. The molecule has 21 heavy (non-hydrogen) atoms. The van der Waals surface area contributed by atoms with E-state index in [9.17, 15) is 18.0 Å². The number of hydrogen-bond donors (Lipinski definition) is 1. The zero-order valence-corrected chi connectivity index (χ0v) is 10.9. The van der Waals surface area contributed by atoms with Gasteiger partial charge in [0.1, 0.15) is 11.6 Å². The van der Waals surface area contributed by atoms with Crippen LogP contribution >= 0.6 is 0 Å². The highest BCUT2D eigenvalue weighted by molar-refractivity contribution is 5.85. The minimum Gasteiger partial charge on any atom is -0.410 e. The smallest absolute Gasteiger partial charge is 0.410 e. The minimum absolute atomic E-state index is 0.0277. The van der Waals surface area contributed by atoms with Gasteiger partial charge in [0.05, 0.1) is 5.56 Å². The number of pyridine rings is 1. The van der Waals surface area contributed by atoms with E-state index in [1.54, 1.807) is 24.3 Å². The van der Waals surface area contributed by atoms with Gasteiger partial charge in [-0.05, 0) is 31.2 Å². The highest BCUT2D eigenvalue weighted by atomic mass is 19.4. The van der Waals surface area contributed by atoms with E-state index in [1.165, 1.54) is 0 Å². The van der Waals surface area contributed by atoms with Crippen LogP contribution in [0.15, 0.2) is 42.6 Å². The lowest BCUT2D eigenvalue weighted by Crippen LogP contribution is -2.17. The lowest BCUT2D eigenvalue weighted by molar-refractivity contribution is -0.137. The van der Waals surface area contributed by atoms with E-state index in [0.717, 1.165) is 17.7 Å². The van der Waals surface area contributed by atoms with Crippen LogP contribution < -0.4 is 10.1 Å². The maximum absolute atomic E-state index is 12.4. The molecular formula is C14H11F3N2O2. The highest BCUT2D eigenvalue weighted by Crippen LogP contribution is 2.28. The molecule has 110 valence electrons. The number of aryl methyl sites for hydroxylation is 1. The predicted octanol–water partition coefficient (Wildman–Crippen LogP) is 4.02. The van der Waals surface area contributed by atoms with Crippen LogP contribution in [0.3, 0.4) is 0 Å². The lowest BCUT2D eigenvalue weighted by atomic mass is 10.2. The van der Waals surface area contributed by atoms with Crippen LogP contribution in [0.2, 0.25) is 0 Å². The molecule has 0 fully saturated rings. The van der Waals surface area contributed by atoms with Crippen molar-refractivity contribution in [2.24, 2.45) is 0 Å². The number of nitrogens with zero attached hydrogens (tertiary/aromatic N) is 1.